The van der Waals surface area contributed by atoms with Crippen LogP contribution in [0.3, 0.4) is 0 Å². The van der Waals surface area contributed by atoms with Crippen LogP contribution in [-0.4, -0.2) is 43.0 Å². The quantitative estimate of drug-likeness (QED) is 0.845. The van der Waals surface area contributed by atoms with Crippen molar-refractivity contribution in [3.05, 3.63) is 29.8 Å². The number of hydrogen-bond acceptors (Lipinski definition) is 3. The highest BCUT2D eigenvalue weighted by Crippen LogP contribution is 2.12. The molecule has 2 rings (SSSR count). The van der Waals surface area contributed by atoms with Crippen molar-refractivity contribution in [2.45, 2.75) is 39.2 Å². The third kappa shape index (κ3) is 5.48. The van der Waals surface area contributed by atoms with Gasteiger partial charge in [0.25, 0.3) is 0 Å². The Morgan fingerprint density at radius 1 is 1.43 bits per heavy atom. The van der Waals surface area contributed by atoms with Crippen molar-refractivity contribution in [2.24, 2.45) is 0 Å². The number of hydrogen-bond donors (Lipinski definition) is 2. The van der Waals surface area contributed by atoms with E-state index in [1.165, 1.54) is 12.8 Å². The number of benzene rings is 1. The second kappa shape index (κ2) is 8.15. The lowest BCUT2D eigenvalue weighted by atomic mass is 10.1. The van der Waals surface area contributed by atoms with Crippen molar-refractivity contribution in [3.63, 3.8) is 0 Å². The van der Waals surface area contributed by atoms with Gasteiger partial charge < -0.3 is 10.6 Å². The molecule has 116 valence electrons. The normalized spacial score (nSPS) is 19.4. The SMILES string of the molecule is CCCNC1CCCN(CC(=O)Nc2cccc(C)c2)C1. The fourth-order valence-corrected chi connectivity index (χ4v) is 2.84. The number of carbonyl (C=O) groups excluding carboxylic acids is 1. The molecule has 0 radical (unpaired) electrons. The van der Waals surface area contributed by atoms with Gasteiger partial charge in [0.2, 0.25) is 5.91 Å². The molecule has 2 N–H and O–H groups in total. The Balaban J connectivity index is 1.79. The summed E-state index contributed by atoms with van der Waals surface area (Å²) < 4.78 is 0. The first-order valence-electron chi connectivity index (χ1n) is 7.99. The highest BCUT2D eigenvalue weighted by molar-refractivity contribution is 5.92. The van der Waals surface area contributed by atoms with E-state index in [0.29, 0.717) is 12.6 Å². The van der Waals surface area contributed by atoms with E-state index >= 15 is 0 Å². The number of nitrogens with zero attached hydrogens (tertiary/aromatic N) is 1. The van der Waals surface area contributed by atoms with E-state index < -0.39 is 0 Å². The molecule has 0 aromatic heterocycles. The van der Waals surface area contributed by atoms with E-state index in [9.17, 15) is 4.79 Å². The standard InChI is InChI=1S/C17H27N3O/c1-3-9-18-16-8-5-10-20(12-16)13-17(21)19-15-7-4-6-14(2)11-15/h4,6-7,11,16,18H,3,5,8-10,12-13H2,1-2H3,(H,19,21). The molecule has 1 aromatic rings. The Kier molecular flexibility index (Phi) is 6.21. The molecule has 1 heterocycles. The Morgan fingerprint density at radius 2 is 2.29 bits per heavy atom. The number of aryl methyl sites for hydroxylation is 1. The van der Waals surface area contributed by atoms with Gasteiger partial charge in [-0.2, -0.15) is 0 Å². The van der Waals surface area contributed by atoms with Crippen LogP contribution in [-0.2, 0) is 4.79 Å². The van der Waals surface area contributed by atoms with Crippen LogP contribution in [0.2, 0.25) is 0 Å². The van der Waals surface area contributed by atoms with E-state index in [-0.39, 0.29) is 5.91 Å². The number of rotatable bonds is 6. The average molecular weight is 289 g/mol. The molecule has 0 spiro atoms. The molecular formula is C17H27N3O. The Hall–Kier alpha value is -1.39. The van der Waals surface area contributed by atoms with Crippen molar-refractivity contribution in [1.82, 2.24) is 10.2 Å². The average Bonchev–Trinajstić information content (AvgIpc) is 2.45. The van der Waals surface area contributed by atoms with Gasteiger partial charge in [-0.1, -0.05) is 19.1 Å². The van der Waals surface area contributed by atoms with Crippen LogP contribution in [0, 0.1) is 6.92 Å². The zero-order valence-corrected chi connectivity index (χ0v) is 13.2. The Labute approximate surface area is 127 Å². The predicted octanol–water partition coefficient (Wildman–Crippen LogP) is 2.40. The van der Waals surface area contributed by atoms with Gasteiger partial charge >= 0.3 is 0 Å². The van der Waals surface area contributed by atoms with Crippen LogP contribution in [0.1, 0.15) is 31.7 Å². The molecule has 1 unspecified atom stereocenters. The van der Waals surface area contributed by atoms with Crippen LogP contribution >= 0.6 is 0 Å². The highest BCUT2D eigenvalue weighted by Gasteiger charge is 2.20. The van der Waals surface area contributed by atoms with Gasteiger partial charge in [-0.05, 0) is 57.0 Å². The number of amides is 1. The maximum atomic E-state index is 12.1. The molecule has 0 aliphatic carbocycles. The van der Waals surface area contributed by atoms with E-state index in [1.54, 1.807) is 0 Å². The molecule has 1 aliphatic heterocycles. The lowest BCUT2D eigenvalue weighted by Crippen LogP contribution is -2.48. The summed E-state index contributed by atoms with van der Waals surface area (Å²) in [5, 5.41) is 6.55. The summed E-state index contributed by atoms with van der Waals surface area (Å²) in [5.41, 5.74) is 2.05. The summed E-state index contributed by atoms with van der Waals surface area (Å²) in [6.07, 6.45) is 3.54. The first-order chi connectivity index (χ1) is 10.2. The first-order valence-corrected chi connectivity index (χ1v) is 7.99. The maximum Gasteiger partial charge on any atom is 0.238 e. The topological polar surface area (TPSA) is 44.4 Å². The monoisotopic (exact) mass is 289 g/mol. The molecule has 4 heteroatoms. The maximum absolute atomic E-state index is 12.1. The number of piperidine rings is 1. The molecule has 1 aromatic carbocycles. The van der Waals surface area contributed by atoms with Crippen LogP contribution in [0.15, 0.2) is 24.3 Å². The van der Waals surface area contributed by atoms with Crippen LogP contribution in [0.25, 0.3) is 0 Å². The van der Waals surface area contributed by atoms with Crippen LogP contribution in [0.4, 0.5) is 5.69 Å². The van der Waals surface area contributed by atoms with Crippen molar-refractivity contribution >= 4 is 11.6 Å². The third-order valence-corrected chi connectivity index (χ3v) is 3.86. The largest absolute Gasteiger partial charge is 0.325 e. The number of likely N-dealkylation sites (tertiary alicyclic amines) is 1. The summed E-state index contributed by atoms with van der Waals surface area (Å²) in [6.45, 7) is 7.76. The minimum atomic E-state index is 0.0803. The molecule has 1 aliphatic rings. The van der Waals surface area contributed by atoms with E-state index in [1.807, 2.05) is 31.2 Å². The lowest BCUT2D eigenvalue weighted by Gasteiger charge is -2.32. The van der Waals surface area contributed by atoms with Crippen molar-refractivity contribution in [2.75, 3.05) is 31.5 Å². The molecule has 1 atom stereocenters. The van der Waals surface area contributed by atoms with Crippen LogP contribution < -0.4 is 10.6 Å². The summed E-state index contributed by atoms with van der Waals surface area (Å²) in [5.74, 6) is 0.0803. The number of carbonyl (C=O) groups is 1. The molecular weight excluding hydrogens is 262 g/mol. The fraction of sp³-hybridized carbons (Fsp3) is 0.588. The minimum absolute atomic E-state index is 0.0803. The summed E-state index contributed by atoms with van der Waals surface area (Å²) in [6, 6.07) is 8.47. The molecule has 21 heavy (non-hydrogen) atoms. The lowest BCUT2D eigenvalue weighted by molar-refractivity contribution is -0.117. The Bertz CT molecular complexity index is 461. The van der Waals surface area contributed by atoms with Gasteiger partial charge in [0.05, 0.1) is 6.54 Å². The van der Waals surface area contributed by atoms with Gasteiger partial charge in [-0.3, -0.25) is 9.69 Å². The van der Waals surface area contributed by atoms with Gasteiger partial charge in [0, 0.05) is 18.3 Å². The molecule has 0 bridgehead atoms. The fourth-order valence-electron chi connectivity index (χ4n) is 2.84. The number of anilines is 1. The zero-order chi connectivity index (χ0) is 15.1. The second-order valence-electron chi connectivity index (χ2n) is 5.95. The summed E-state index contributed by atoms with van der Waals surface area (Å²) in [7, 11) is 0. The predicted molar refractivity (Wildman–Crippen MR) is 87.6 cm³/mol. The molecule has 1 amide bonds. The summed E-state index contributed by atoms with van der Waals surface area (Å²) in [4.78, 5) is 14.4. The third-order valence-electron chi connectivity index (χ3n) is 3.86. The van der Waals surface area contributed by atoms with Gasteiger partial charge in [-0.15, -0.1) is 0 Å². The van der Waals surface area contributed by atoms with Crippen molar-refractivity contribution in [1.29, 1.82) is 0 Å². The molecule has 4 nitrogen and oxygen atoms in total. The van der Waals surface area contributed by atoms with Gasteiger partial charge in [0.15, 0.2) is 0 Å². The van der Waals surface area contributed by atoms with Gasteiger partial charge in [0.1, 0.15) is 0 Å². The van der Waals surface area contributed by atoms with E-state index in [0.717, 1.165) is 37.3 Å². The minimum Gasteiger partial charge on any atom is -0.325 e. The number of nitrogens with one attached hydrogen (secondary N) is 2. The molecule has 1 fully saturated rings. The zero-order valence-electron chi connectivity index (χ0n) is 13.2. The summed E-state index contributed by atoms with van der Waals surface area (Å²) >= 11 is 0. The van der Waals surface area contributed by atoms with Crippen molar-refractivity contribution in [3.8, 4) is 0 Å². The molecule has 1 saturated heterocycles. The smallest absolute Gasteiger partial charge is 0.238 e. The van der Waals surface area contributed by atoms with E-state index in [4.69, 9.17) is 0 Å². The van der Waals surface area contributed by atoms with Gasteiger partial charge in [-0.25, -0.2) is 0 Å². The van der Waals surface area contributed by atoms with Crippen LogP contribution in [0.5, 0.6) is 0 Å². The molecule has 0 saturated carbocycles. The second-order valence-corrected chi connectivity index (χ2v) is 5.95. The van der Waals surface area contributed by atoms with E-state index in [2.05, 4.69) is 22.5 Å². The highest BCUT2D eigenvalue weighted by atomic mass is 16.2. The first kappa shape index (κ1) is 16.0. The Morgan fingerprint density at radius 3 is 3.05 bits per heavy atom. The van der Waals surface area contributed by atoms with Crippen molar-refractivity contribution < 1.29 is 4.79 Å².